The Kier molecular flexibility index (Phi) is 8.80. The van der Waals surface area contributed by atoms with Crippen LogP contribution in [0.2, 0.25) is 0 Å². The minimum Gasteiger partial charge on any atom is -0.461 e. The van der Waals surface area contributed by atoms with Crippen molar-refractivity contribution < 1.29 is 19.1 Å². The van der Waals surface area contributed by atoms with E-state index in [1.54, 1.807) is 34.6 Å². The Morgan fingerprint density at radius 2 is 2.03 bits per heavy atom. The largest absolute Gasteiger partial charge is 0.461 e. The Balaban J connectivity index is 2.11. The van der Waals surface area contributed by atoms with Crippen molar-refractivity contribution in [3.8, 4) is 0 Å². The second-order valence-corrected chi connectivity index (χ2v) is 8.75. The zero-order chi connectivity index (χ0) is 24.9. The highest BCUT2D eigenvalue weighted by Crippen LogP contribution is 2.30. The maximum atomic E-state index is 12.7. The lowest BCUT2D eigenvalue weighted by Gasteiger charge is -2.25. The molecule has 0 unspecified atom stereocenters. The molecule has 1 aliphatic rings. The van der Waals surface area contributed by atoms with Gasteiger partial charge in [-0.15, -0.1) is 0 Å². The number of carbonyl (C=O) groups excluding carboxylic acids is 2. The molecular formula is C20H31N7O6. The molecule has 0 radical (unpaired) electrons. The number of aryl methyl sites for hydroxylation is 1. The number of hydrogen-bond donors (Lipinski definition) is 3. The Morgan fingerprint density at radius 1 is 1.36 bits per heavy atom. The Bertz CT molecular complexity index is 1030. The summed E-state index contributed by atoms with van der Waals surface area (Å²) in [5, 5.41) is 6.31. The summed E-state index contributed by atoms with van der Waals surface area (Å²) in [5.41, 5.74) is 13.9. The Morgan fingerprint density at radius 3 is 2.61 bits per heavy atom. The number of nitrogens with two attached hydrogens (primary N) is 1. The lowest BCUT2D eigenvalue weighted by atomic mass is 10.0. The standard InChI is InChI=1S/C20H31N7O6/c1-9(2)15(21)18(29)23-16(10(3)4)19(30)32-8-13-12(25-26-22)6-14(33-13)27-7-11(5)17(28)24-20(27)31/h7,9-10,12-16H,6,8,21H2,1-5H3,(H,23,29)(H,24,28,31)/t12-,13+,14+,15-,16-/m0/s1. The average Bonchev–Trinajstić information content (AvgIpc) is 3.14. The van der Waals surface area contributed by atoms with Crippen molar-refractivity contribution in [2.24, 2.45) is 22.7 Å². The molecule has 2 rings (SSSR count). The molecule has 0 aromatic carbocycles. The number of H-pyrrole nitrogens is 1. The van der Waals surface area contributed by atoms with Crippen LogP contribution in [0.1, 0.15) is 45.9 Å². The number of carbonyl (C=O) groups is 2. The molecule has 1 fully saturated rings. The van der Waals surface area contributed by atoms with Crippen LogP contribution in [-0.2, 0) is 19.1 Å². The molecule has 1 amide bonds. The van der Waals surface area contributed by atoms with Crippen molar-refractivity contribution in [2.45, 2.75) is 71.5 Å². The van der Waals surface area contributed by atoms with Gasteiger partial charge in [0.05, 0.1) is 12.1 Å². The molecule has 13 heteroatoms. The smallest absolute Gasteiger partial charge is 0.330 e. The van der Waals surface area contributed by atoms with Crippen molar-refractivity contribution in [3.05, 3.63) is 43.0 Å². The van der Waals surface area contributed by atoms with Gasteiger partial charge in [-0.3, -0.25) is 19.1 Å². The van der Waals surface area contributed by atoms with Gasteiger partial charge >= 0.3 is 11.7 Å². The summed E-state index contributed by atoms with van der Waals surface area (Å²) in [6.45, 7) is 8.38. The molecule has 0 spiro atoms. The van der Waals surface area contributed by atoms with Crippen LogP contribution in [-0.4, -0.2) is 52.3 Å². The second kappa shape index (κ2) is 11.1. The first-order chi connectivity index (χ1) is 15.5. The maximum absolute atomic E-state index is 12.7. The van der Waals surface area contributed by atoms with Gasteiger partial charge in [-0.1, -0.05) is 32.8 Å². The number of azide groups is 1. The first-order valence-corrected chi connectivity index (χ1v) is 10.7. The zero-order valence-electron chi connectivity index (χ0n) is 19.3. The second-order valence-electron chi connectivity index (χ2n) is 8.75. The summed E-state index contributed by atoms with van der Waals surface area (Å²) in [6.07, 6.45) is -0.145. The van der Waals surface area contributed by atoms with Gasteiger partial charge in [-0.25, -0.2) is 9.59 Å². The monoisotopic (exact) mass is 465 g/mol. The first kappa shape index (κ1) is 26.1. The first-order valence-electron chi connectivity index (χ1n) is 10.7. The van der Waals surface area contributed by atoms with Crippen molar-refractivity contribution in [1.82, 2.24) is 14.9 Å². The van der Waals surface area contributed by atoms with Crippen molar-refractivity contribution in [1.29, 1.82) is 0 Å². The van der Waals surface area contributed by atoms with Gasteiger partial charge in [0.1, 0.15) is 25.0 Å². The Labute approximate surface area is 190 Å². The lowest BCUT2D eigenvalue weighted by Crippen LogP contribution is -2.52. The molecule has 33 heavy (non-hydrogen) atoms. The summed E-state index contributed by atoms with van der Waals surface area (Å²) >= 11 is 0. The molecule has 0 saturated carbocycles. The summed E-state index contributed by atoms with van der Waals surface area (Å²) < 4.78 is 12.4. The van der Waals surface area contributed by atoms with Gasteiger partial charge in [0, 0.05) is 23.1 Å². The van der Waals surface area contributed by atoms with E-state index < -0.39 is 53.6 Å². The van der Waals surface area contributed by atoms with Crippen LogP contribution in [0.4, 0.5) is 0 Å². The molecular weight excluding hydrogens is 434 g/mol. The molecule has 0 bridgehead atoms. The highest BCUT2D eigenvalue weighted by molar-refractivity contribution is 5.87. The van der Waals surface area contributed by atoms with E-state index in [4.69, 9.17) is 20.7 Å². The molecule has 1 aliphatic heterocycles. The fourth-order valence-electron chi connectivity index (χ4n) is 3.33. The van der Waals surface area contributed by atoms with Crippen LogP contribution in [0.5, 0.6) is 0 Å². The highest BCUT2D eigenvalue weighted by Gasteiger charge is 2.38. The molecule has 5 atom stereocenters. The van der Waals surface area contributed by atoms with Gasteiger partial charge in [-0.2, -0.15) is 0 Å². The Hall–Kier alpha value is -3.15. The third kappa shape index (κ3) is 6.44. The number of ether oxygens (including phenoxy) is 2. The normalized spacial score (nSPS) is 22.0. The van der Waals surface area contributed by atoms with Crippen LogP contribution in [0.25, 0.3) is 10.4 Å². The number of aromatic amines is 1. The van der Waals surface area contributed by atoms with Crippen LogP contribution in [0, 0.1) is 18.8 Å². The molecule has 2 heterocycles. The van der Waals surface area contributed by atoms with Gasteiger partial charge in [0.25, 0.3) is 5.56 Å². The predicted molar refractivity (Wildman–Crippen MR) is 118 cm³/mol. The highest BCUT2D eigenvalue weighted by atomic mass is 16.6. The average molecular weight is 466 g/mol. The van der Waals surface area contributed by atoms with Gasteiger partial charge < -0.3 is 20.5 Å². The summed E-state index contributed by atoms with van der Waals surface area (Å²) in [4.78, 5) is 53.8. The quantitative estimate of drug-likeness (QED) is 0.204. The van der Waals surface area contributed by atoms with E-state index in [1.165, 1.54) is 10.8 Å². The molecule has 0 aliphatic carbocycles. The summed E-state index contributed by atoms with van der Waals surface area (Å²) in [6, 6.07) is -2.42. The number of hydrogen-bond acceptors (Lipinski definition) is 8. The van der Waals surface area contributed by atoms with Crippen molar-refractivity contribution in [3.63, 3.8) is 0 Å². The summed E-state index contributed by atoms with van der Waals surface area (Å²) in [5.74, 6) is -1.52. The number of aromatic nitrogens is 2. The van der Waals surface area contributed by atoms with Crippen molar-refractivity contribution >= 4 is 11.9 Å². The minimum absolute atomic E-state index is 0.109. The zero-order valence-corrected chi connectivity index (χ0v) is 19.3. The van der Waals surface area contributed by atoms with E-state index in [9.17, 15) is 19.2 Å². The van der Waals surface area contributed by atoms with E-state index in [2.05, 4.69) is 20.3 Å². The number of rotatable bonds is 9. The van der Waals surface area contributed by atoms with Gasteiger partial charge in [-0.05, 0) is 24.3 Å². The van der Waals surface area contributed by atoms with Crippen molar-refractivity contribution in [2.75, 3.05) is 6.61 Å². The maximum Gasteiger partial charge on any atom is 0.330 e. The minimum atomic E-state index is -0.929. The van der Waals surface area contributed by atoms with E-state index >= 15 is 0 Å². The number of nitrogens with one attached hydrogen (secondary N) is 2. The van der Waals surface area contributed by atoms with E-state index in [0.29, 0.717) is 5.56 Å². The number of nitrogens with zero attached hydrogens (tertiary/aromatic N) is 4. The lowest BCUT2D eigenvalue weighted by molar-refractivity contribution is -0.154. The van der Waals surface area contributed by atoms with Crippen LogP contribution in [0.3, 0.4) is 0 Å². The van der Waals surface area contributed by atoms with E-state index in [1.807, 2.05) is 0 Å². The van der Waals surface area contributed by atoms with Gasteiger partial charge in [0.2, 0.25) is 5.91 Å². The summed E-state index contributed by atoms with van der Waals surface area (Å²) in [7, 11) is 0. The van der Waals surface area contributed by atoms with E-state index in [-0.39, 0.29) is 24.9 Å². The SMILES string of the molecule is Cc1cn([C@H]2C[C@H](N=[N+]=[N-])[C@@H](COC(=O)[C@@H](NC(=O)[C@@H](N)C(C)C)C(C)C)O2)c(=O)[nH]c1=O. The number of amides is 1. The third-order valence-corrected chi connectivity index (χ3v) is 5.49. The molecule has 1 aromatic rings. The topological polar surface area (TPSA) is 194 Å². The fraction of sp³-hybridized carbons (Fsp3) is 0.700. The molecule has 4 N–H and O–H groups in total. The molecule has 1 saturated heterocycles. The predicted octanol–water partition coefficient (Wildman–Crippen LogP) is 0.479. The molecule has 1 aromatic heterocycles. The van der Waals surface area contributed by atoms with Crippen LogP contribution in [0.15, 0.2) is 20.9 Å². The van der Waals surface area contributed by atoms with Crippen LogP contribution >= 0.6 is 0 Å². The molecule has 13 nitrogen and oxygen atoms in total. The van der Waals surface area contributed by atoms with Crippen LogP contribution < -0.4 is 22.3 Å². The molecule has 182 valence electrons. The fourth-order valence-corrected chi connectivity index (χ4v) is 3.33. The third-order valence-electron chi connectivity index (χ3n) is 5.49. The number of esters is 1. The van der Waals surface area contributed by atoms with Gasteiger partial charge in [0.15, 0.2) is 0 Å². The van der Waals surface area contributed by atoms with E-state index in [0.717, 1.165) is 0 Å².